The van der Waals surface area contributed by atoms with Crippen LogP contribution < -0.4 is 5.32 Å². The number of hydrogen-bond acceptors (Lipinski definition) is 4. The summed E-state index contributed by atoms with van der Waals surface area (Å²) in [7, 11) is 0. The molecule has 4 rings (SSSR count). The van der Waals surface area contributed by atoms with E-state index in [2.05, 4.69) is 25.2 Å². The van der Waals surface area contributed by atoms with Crippen LogP contribution in [-0.4, -0.2) is 38.8 Å². The minimum atomic E-state index is -0.294. The van der Waals surface area contributed by atoms with Gasteiger partial charge in [0, 0.05) is 12.4 Å². The number of imidazole rings is 1. The molecule has 2 N–H and O–H groups in total. The lowest BCUT2D eigenvalue weighted by Gasteiger charge is -2.26. The Labute approximate surface area is 152 Å². The van der Waals surface area contributed by atoms with Gasteiger partial charge in [-0.2, -0.15) is 0 Å². The maximum absolute atomic E-state index is 13.0. The molecule has 6 heteroatoms. The van der Waals surface area contributed by atoms with E-state index < -0.39 is 0 Å². The molecule has 1 aliphatic heterocycles. The minimum absolute atomic E-state index is 0.00271. The lowest BCUT2D eigenvalue weighted by molar-refractivity contribution is -0.126. The minimum Gasteiger partial charge on any atom is -0.347 e. The van der Waals surface area contributed by atoms with Gasteiger partial charge in [-0.05, 0) is 56.1 Å². The van der Waals surface area contributed by atoms with Gasteiger partial charge in [-0.15, -0.1) is 0 Å². The first-order valence-corrected chi connectivity index (χ1v) is 9.08. The summed E-state index contributed by atoms with van der Waals surface area (Å²) in [6.07, 6.45) is 5.78. The fraction of sp³-hybridized carbons (Fsp3) is 0.350. The number of aryl methyl sites for hydroxylation is 1. The molecule has 0 unspecified atom stereocenters. The maximum atomic E-state index is 13.0. The number of para-hydroxylation sites is 1. The normalized spacial score (nSPS) is 16.0. The van der Waals surface area contributed by atoms with Crippen LogP contribution in [0.5, 0.6) is 0 Å². The average Bonchev–Trinajstić information content (AvgIpc) is 3.31. The van der Waals surface area contributed by atoms with Crippen LogP contribution >= 0.6 is 0 Å². The van der Waals surface area contributed by atoms with E-state index in [-0.39, 0.29) is 11.9 Å². The van der Waals surface area contributed by atoms with Crippen molar-refractivity contribution in [3.8, 4) is 0 Å². The number of pyridine rings is 1. The van der Waals surface area contributed by atoms with Gasteiger partial charge in [0.05, 0.1) is 17.6 Å². The van der Waals surface area contributed by atoms with Gasteiger partial charge in [0.15, 0.2) is 0 Å². The monoisotopic (exact) mass is 349 g/mol. The number of carbonyl (C=O) groups excluding carboxylic acids is 1. The van der Waals surface area contributed by atoms with Crippen LogP contribution in [0.4, 0.5) is 0 Å². The Morgan fingerprint density at radius 1 is 1.27 bits per heavy atom. The molecular formula is C20H23N5O. The van der Waals surface area contributed by atoms with Crippen molar-refractivity contribution < 1.29 is 4.79 Å². The van der Waals surface area contributed by atoms with Crippen LogP contribution in [0.1, 0.15) is 35.8 Å². The first-order valence-electron chi connectivity index (χ1n) is 9.08. The second-order valence-corrected chi connectivity index (χ2v) is 6.80. The van der Waals surface area contributed by atoms with E-state index in [4.69, 9.17) is 0 Å². The maximum Gasteiger partial charge on any atom is 0.242 e. The van der Waals surface area contributed by atoms with Crippen molar-refractivity contribution in [2.24, 2.45) is 0 Å². The number of nitrogens with zero attached hydrogens (tertiary/aromatic N) is 3. The van der Waals surface area contributed by atoms with E-state index in [1.54, 1.807) is 12.4 Å². The van der Waals surface area contributed by atoms with Crippen LogP contribution in [0, 0.1) is 6.92 Å². The fourth-order valence-corrected chi connectivity index (χ4v) is 3.64. The van der Waals surface area contributed by atoms with Crippen molar-refractivity contribution >= 4 is 16.9 Å². The SMILES string of the molecule is Cc1cccc2[nH]c(CNC(=O)[C@H](c3cccnc3)N3CCCC3)nc12. The van der Waals surface area contributed by atoms with Gasteiger partial charge in [0.25, 0.3) is 0 Å². The van der Waals surface area contributed by atoms with Crippen LogP contribution in [0.2, 0.25) is 0 Å². The van der Waals surface area contributed by atoms with Crippen molar-refractivity contribution in [3.63, 3.8) is 0 Å². The van der Waals surface area contributed by atoms with Crippen molar-refractivity contribution in [1.82, 2.24) is 25.2 Å². The number of likely N-dealkylation sites (tertiary alicyclic amines) is 1. The van der Waals surface area contributed by atoms with E-state index in [0.29, 0.717) is 6.54 Å². The smallest absolute Gasteiger partial charge is 0.242 e. The molecule has 0 aliphatic carbocycles. The van der Waals surface area contributed by atoms with Gasteiger partial charge in [0.2, 0.25) is 5.91 Å². The van der Waals surface area contributed by atoms with Crippen LogP contribution in [-0.2, 0) is 11.3 Å². The van der Waals surface area contributed by atoms with Crippen LogP contribution in [0.3, 0.4) is 0 Å². The molecule has 3 aromatic rings. The summed E-state index contributed by atoms with van der Waals surface area (Å²) in [6, 6.07) is 9.61. The Balaban J connectivity index is 1.51. The van der Waals surface area contributed by atoms with E-state index in [1.165, 1.54) is 0 Å². The topological polar surface area (TPSA) is 73.9 Å². The van der Waals surface area contributed by atoms with E-state index in [0.717, 1.165) is 53.9 Å². The number of amides is 1. The summed E-state index contributed by atoms with van der Waals surface area (Å²) >= 11 is 0. The molecule has 1 aromatic carbocycles. The lowest BCUT2D eigenvalue weighted by Crippen LogP contribution is -2.39. The van der Waals surface area contributed by atoms with Gasteiger partial charge in [-0.25, -0.2) is 4.98 Å². The third-order valence-corrected chi connectivity index (χ3v) is 4.95. The summed E-state index contributed by atoms with van der Waals surface area (Å²) in [5.41, 5.74) is 4.02. The van der Waals surface area contributed by atoms with E-state index >= 15 is 0 Å². The molecule has 0 radical (unpaired) electrons. The zero-order chi connectivity index (χ0) is 17.9. The largest absolute Gasteiger partial charge is 0.347 e. The summed E-state index contributed by atoms with van der Waals surface area (Å²) in [6.45, 7) is 4.31. The Morgan fingerprint density at radius 3 is 2.85 bits per heavy atom. The molecule has 26 heavy (non-hydrogen) atoms. The Kier molecular flexibility index (Phi) is 4.67. The average molecular weight is 349 g/mol. The standard InChI is InChI=1S/C20H23N5O/c1-14-6-4-8-16-18(14)24-17(23-16)13-22-20(26)19(25-10-2-3-11-25)15-7-5-9-21-12-15/h4-9,12,19H,2-3,10-11,13H2,1H3,(H,22,26)(H,23,24)/t19-/m0/s1. The first-order chi connectivity index (χ1) is 12.7. The zero-order valence-electron chi connectivity index (χ0n) is 14.9. The van der Waals surface area contributed by atoms with Crippen molar-refractivity contribution in [3.05, 3.63) is 59.7 Å². The molecule has 0 spiro atoms. The highest BCUT2D eigenvalue weighted by atomic mass is 16.2. The molecule has 3 heterocycles. The number of benzene rings is 1. The summed E-state index contributed by atoms with van der Waals surface area (Å²) in [4.78, 5) is 27.3. The number of rotatable bonds is 5. The van der Waals surface area contributed by atoms with Crippen molar-refractivity contribution in [1.29, 1.82) is 0 Å². The van der Waals surface area contributed by atoms with Crippen molar-refractivity contribution in [2.75, 3.05) is 13.1 Å². The van der Waals surface area contributed by atoms with E-state index in [1.807, 2.05) is 37.3 Å². The summed E-state index contributed by atoms with van der Waals surface area (Å²) in [5.74, 6) is 0.770. The third kappa shape index (κ3) is 3.32. The third-order valence-electron chi connectivity index (χ3n) is 4.95. The number of fused-ring (bicyclic) bond motifs is 1. The number of H-pyrrole nitrogens is 1. The van der Waals surface area contributed by atoms with Gasteiger partial charge in [-0.1, -0.05) is 18.2 Å². The zero-order valence-corrected chi connectivity index (χ0v) is 14.9. The Hall–Kier alpha value is -2.73. The predicted octanol–water partition coefficient (Wildman–Crippen LogP) is 2.72. The van der Waals surface area contributed by atoms with Crippen LogP contribution in [0.15, 0.2) is 42.7 Å². The number of hydrogen-bond donors (Lipinski definition) is 2. The molecule has 0 saturated carbocycles. The quantitative estimate of drug-likeness (QED) is 0.743. The number of aromatic nitrogens is 3. The highest BCUT2D eigenvalue weighted by Gasteiger charge is 2.29. The summed E-state index contributed by atoms with van der Waals surface area (Å²) in [5, 5.41) is 3.05. The second kappa shape index (κ2) is 7.25. The molecule has 1 saturated heterocycles. The first kappa shape index (κ1) is 16.7. The molecule has 1 aliphatic rings. The molecular weight excluding hydrogens is 326 g/mol. The highest BCUT2D eigenvalue weighted by Crippen LogP contribution is 2.25. The second-order valence-electron chi connectivity index (χ2n) is 6.80. The fourth-order valence-electron chi connectivity index (χ4n) is 3.64. The van der Waals surface area contributed by atoms with E-state index in [9.17, 15) is 4.79 Å². The number of aromatic amines is 1. The van der Waals surface area contributed by atoms with Gasteiger partial charge >= 0.3 is 0 Å². The molecule has 2 aromatic heterocycles. The van der Waals surface area contributed by atoms with Crippen molar-refractivity contribution in [2.45, 2.75) is 32.4 Å². The Bertz CT molecular complexity index is 899. The van der Waals surface area contributed by atoms with Crippen LogP contribution in [0.25, 0.3) is 11.0 Å². The molecule has 6 nitrogen and oxygen atoms in total. The van der Waals surface area contributed by atoms with Gasteiger partial charge < -0.3 is 10.3 Å². The number of nitrogens with one attached hydrogen (secondary N) is 2. The van der Waals surface area contributed by atoms with Gasteiger partial charge in [-0.3, -0.25) is 14.7 Å². The predicted molar refractivity (Wildman–Crippen MR) is 100 cm³/mol. The molecule has 1 fully saturated rings. The molecule has 0 bridgehead atoms. The summed E-state index contributed by atoms with van der Waals surface area (Å²) < 4.78 is 0. The lowest BCUT2D eigenvalue weighted by atomic mass is 10.1. The van der Waals surface area contributed by atoms with Gasteiger partial charge in [0.1, 0.15) is 11.9 Å². The number of carbonyl (C=O) groups is 1. The molecule has 134 valence electrons. The highest BCUT2D eigenvalue weighted by molar-refractivity contribution is 5.83. The molecule has 1 amide bonds. The Morgan fingerprint density at radius 2 is 2.12 bits per heavy atom. The molecule has 1 atom stereocenters.